The van der Waals surface area contributed by atoms with Crippen LogP contribution in [0.4, 0.5) is 23.4 Å². The van der Waals surface area contributed by atoms with Gasteiger partial charge in [0.2, 0.25) is 0 Å². The molecule has 9 nitrogen and oxygen atoms in total. The number of fused-ring (bicyclic) bond motifs is 1. The van der Waals surface area contributed by atoms with Gasteiger partial charge in [0.05, 0.1) is 28.0 Å². The number of halogens is 3. The van der Waals surface area contributed by atoms with E-state index in [2.05, 4.69) is 25.3 Å². The van der Waals surface area contributed by atoms with Gasteiger partial charge in [0.15, 0.2) is 10.3 Å². The summed E-state index contributed by atoms with van der Waals surface area (Å²) in [5.41, 5.74) is 0.525. The first-order valence-electron chi connectivity index (χ1n) is 10.1. The number of carbonyl (C=O) groups excluding carboxylic acids is 3. The molecule has 0 aliphatic rings. The third-order valence-corrected chi connectivity index (χ3v) is 6.13. The average molecular weight is 537 g/mol. The highest BCUT2D eigenvalue weighted by Crippen LogP contribution is 2.29. The molecule has 0 spiro atoms. The molecule has 14 heteroatoms. The maximum atomic E-state index is 12.6. The SMILES string of the molecule is CCOC(=O)c1ccc2nc(NC(=O)c3csc(NC(=O)c4ccccc4OC(F)(F)F)n3)sc2c1. The molecule has 0 aliphatic heterocycles. The number of anilines is 2. The number of amides is 2. The number of nitrogens with zero attached hydrogens (tertiary/aromatic N) is 2. The van der Waals surface area contributed by atoms with Gasteiger partial charge in [0.1, 0.15) is 11.4 Å². The van der Waals surface area contributed by atoms with Gasteiger partial charge in [-0.15, -0.1) is 24.5 Å². The van der Waals surface area contributed by atoms with Crippen molar-refractivity contribution in [1.29, 1.82) is 0 Å². The minimum atomic E-state index is -4.97. The lowest BCUT2D eigenvalue weighted by Gasteiger charge is -2.12. The molecule has 2 aromatic heterocycles. The molecule has 2 amide bonds. The molecule has 4 aromatic rings. The van der Waals surface area contributed by atoms with Crippen molar-refractivity contribution in [2.45, 2.75) is 13.3 Å². The molecule has 36 heavy (non-hydrogen) atoms. The van der Waals surface area contributed by atoms with E-state index in [1.165, 1.54) is 17.5 Å². The van der Waals surface area contributed by atoms with E-state index in [4.69, 9.17) is 4.74 Å². The quantitative estimate of drug-likeness (QED) is 0.306. The van der Waals surface area contributed by atoms with Gasteiger partial charge in [-0.2, -0.15) is 0 Å². The molecule has 4 rings (SSSR count). The van der Waals surface area contributed by atoms with Gasteiger partial charge >= 0.3 is 12.3 Å². The summed E-state index contributed by atoms with van der Waals surface area (Å²) in [6, 6.07) is 9.66. The Hall–Kier alpha value is -4.04. The molecule has 0 fully saturated rings. The molecule has 0 saturated heterocycles. The number of aromatic nitrogens is 2. The van der Waals surface area contributed by atoms with Crippen molar-refractivity contribution in [1.82, 2.24) is 9.97 Å². The molecule has 2 aromatic carbocycles. The van der Waals surface area contributed by atoms with E-state index in [-0.39, 0.29) is 28.1 Å². The van der Waals surface area contributed by atoms with Crippen molar-refractivity contribution in [3.63, 3.8) is 0 Å². The topological polar surface area (TPSA) is 120 Å². The highest BCUT2D eigenvalue weighted by molar-refractivity contribution is 7.22. The molecule has 0 aliphatic carbocycles. The molecule has 0 atom stereocenters. The van der Waals surface area contributed by atoms with Crippen LogP contribution in [0.3, 0.4) is 0 Å². The molecular weight excluding hydrogens is 521 g/mol. The largest absolute Gasteiger partial charge is 0.573 e. The maximum absolute atomic E-state index is 12.6. The highest BCUT2D eigenvalue weighted by atomic mass is 32.1. The van der Waals surface area contributed by atoms with E-state index in [0.29, 0.717) is 15.8 Å². The Morgan fingerprint density at radius 3 is 2.50 bits per heavy atom. The first kappa shape index (κ1) is 25.1. The lowest BCUT2D eigenvalue weighted by atomic mass is 10.2. The monoisotopic (exact) mass is 536 g/mol. The van der Waals surface area contributed by atoms with E-state index in [0.717, 1.165) is 34.8 Å². The van der Waals surface area contributed by atoms with Gasteiger partial charge in [-0.05, 0) is 37.3 Å². The zero-order chi connectivity index (χ0) is 25.9. The summed E-state index contributed by atoms with van der Waals surface area (Å²) in [6.07, 6.45) is -4.97. The first-order valence-corrected chi connectivity index (χ1v) is 11.8. The number of esters is 1. The summed E-state index contributed by atoms with van der Waals surface area (Å²) in [4.78, 5) is 45.3. The van der Waals surface area contributed by atoms with Crippen molar-refractivity contribution in [3.05, 3.63) is 64.7 Å². The number of alkyl halides is 3. The second-order valence-corrected chi connectivity index (χ2v) is 8.80. The van der Waals surface area contributed by atoms with Crippen LogP contribution in [0.15, 0.2) is 47.8 Å². The van der Waals surface area contributed by atoms with Crippen molar-refractivity contribution in [2.75, 3.05) is 17.2 Å². The minimum Gasteiger partial charge on any atom is -0.462 e. The zero-order valence-corrected chi connectivity index (χ0v) is 19.8. The summed E-state index contributed by atoms with van der Waals surface area (Å²) < 4.78 is 47.3. The van der Waals surface area contributed by atoms with Crippen LogP contribution < -0.4 is 15.4 Å². The van der Waals surface area contributed by atoms with Crippen LogP contribution in [0.2, 0.25) is 0 Å². The average Bonchev–Trinajstić information content (AvgIpc) is 3.44. The van der Waals surface area contributed by atoms with Crippen molar-refractivity contribution in [2.24, 2.45) is 0 Å². The van der Waals surface area contributed by atoms with Gasteiger partial charge in [-0.1, -0.05) is 23.5 Å². The van der Waals surface area contributed by atoms with Gasteiger partial charge in [0, 0.05) is 5.38 Å². The predicted octanol–water partition coefficient (Wildman–Crippen LogP) is 5.33. The fourth-order valence-corrected chi connectivity index (χ4v) is 4.53. The number of benzene rings is 2. The number of nitrogens with one attached hydrogen (secondary N) is 2. The van der Waals surface area contributed by atoms with Crippen molar-refractivity contribution >= 4 is 60.9 Å². The zero-order valence-electron chi connectivity index (χ0n) is 18.2. The Balaban J connectivity index is 1.44. The maximum Gasteiger partial charge on any atom is 0.573 e. The molecule has 0 saturated carbocycles. The molecule has 2 N–H and O–H groups in total. The second kappa shape index (κ2) is 10.3. The number of ether oxygens (including phenoxy) is 2. The fourth-order valence-electron chi connectivity index (χ4n) is 2.95. The summed E-state index contributed by atoms with van der Waals surface area (Å²) in [5.74, 6) is -2.64. The van der Waals surface area contributed by atoms with Crippen LogP contribution in [0, 0.1) is 0 Å². The van der Waals surface area contributed by atoms with Crippen molar-refractivity contribution < 1.29 is 37.0 Å². The summed E-state index contributed by atoms with van der Waals surface area (Å²) >= 11 is 2.05. The molecular formula is C22H15F3N4O5S2. The number of thiazole rings is 2. The lowest BCUT2D eigenvalue weighted by Crippen LogP contribution is -2.21. The molecule has 2 heterocycles. The van der Waals surface area contributed by atoms with Crippen LogP contribution in [0.5, 0.6) is 5.75 Å². The smallest absolute Gasteiger partial charge is 0.462 e. The van der Waals surface area contributed by atoms with Crippen LogP contribution in [-0.2, 0) is 4.74 Å². The Labute approximate surface area is 208 Å². The van der Waals surface area contributed by atoms with Crippen molar-refractivity contribution in [3.8, 4) is 5.75 Å². The van der Waals surface area contributed by atoms with Gasteiger partial charge in [-0.3, -0.25) is 20.2 Å². The molecule has 0 unspecified atom stereocenters. The third kappa shape index (κ3) is 5.95. The summed E-state index contributed by atoms with van der Waals surface area (Å²) in [6.45, 7) is 1.94. The van der Waals surface area contributed by atoms with Crippen LogP contribution in [0.1, 0.15) is 38.1 Å². The minimum absolute atomic E-state index is 0.00431. The molecule has 0 bridgehead atoms. The number of hydrogen-bond acceptors (Lipinski definition) is 9. The van der Waals surface area contributed by atoms with E-state index in [9.17, 15) is 27.6 Å². The number of hydrogen-bond donors (Lipinski definition) is 2. The first-order chi connectivity index (χ1) is 17.1. The van der Waals surface area contributed by atoms with Gasteiger partial charge < -0.3 is 9.47 Å². The van der Waals surface area contributed by atoms with E-state index < -0.39 is 29.9 Å². The van der Waals surface area contributed by atoms with Gasteiger partial charge in [-0.25, -0.2) is 14.8 Å². The Bertz CT molecular complexity index is 1450. The third-order valence-electron chi connectivity index (χ3n) is 4.43. The molecule has 186 valence electrons. The molecule has 0 radical (unpaired) electrons. The highest BCUT2D eigenvalue weighted by Gasteiger charge is 2.33. The number of para-hydroxylation sites is 1. The van der Waals surface area contributed by atoms with E-state index in [1.54, 1.807) is 25.1 Å². The number of rotatable bonds is 7. The van der Waals surface area contributed by atoms with E-state index in [1.807, 2.05) is 0 Å². The Kier molecular flexibility index (Phi) is 7.17. The van der Waals surface area contributed by atoms with Gasteiger partial charge in [0.25, 0.3) is 11.8 Å². The Morgan fingerprint density at radius 2 is 1.75 bits per heavy atom. The number of carbonyl (C=O) groups is 3. The van der Waals surface area contributed by atoms with E-state index >= 15 is 0 Å². The Morgan fingerprint density at radius 1 is 1.00 bits per heavy atom. The normalized spacial score (nSPS) is 11.2. The fraction of sp³-hybridized carbons (Fsp3) is 0.136. The van der Waals surface area contributed by atoms with Crippen LogP contribution >= 0.6 is 22.7 Å². The lowest BCUT2D eigenvalue weighted by molar-refractivity contribution is -0.274. The standard InChI is InChI=1S/C22H15F3N4O5S2/c1-2-33-19(32)11-7-8-13-16(9-11)36-21(26-13)29-18(31)14-10-35-20(27-14)28-17(30)12-5-3-4-6-15(12)34-22(23,24)25/h3-10H,2H2,1H3,(H,26,29,31)(H,27,28,30). The van der Waals surface area contributed by atoms with Crippen LogP contribution in [0.25, 0.3) is 10.2 Å². The summed E-state index contributed by atoms with van der Waals surface area (Å²) in [5, 5.41) is 6.57. The predicted molar refractivity (Wildman–Crippen MR) is 127 cm³/mol. The summed E-state index contributed by atoms with van der Waals surface area (Å²) in [7, 11) is 0. The van der Waals surface area contributed by atoms with Crippen LogP contribution in [-0.4, -0.2) is 40.7 Å². The second-order valence-electron chi connectivity index (χ2n) is 6.91.